The zero-order chi connectivity index (χ0) is 13.7. The Morgan fingerprint density at radius 2 is 2.00 bits per heavy atom. The Morgan fingerprint density at radius 1 is 1.32 bits per heavy atom. The van der Waals surface area contributed by atoms with Gasteiger partial charge in [-0.25, -0.2) is 4.98 Å². The maximum atomic E-state index is 11.9. The molecule has 0 bridgehead atoms. The molecule has 0 radical (unpaired) electrons. The van der Waals surface area contributed by atoms with Crippen LogP contribution in [0.25, 0.3) is 0 Å². The zero-order valence-electron chi connectivity index (χ0n) is 10.9. The normalized spacial score (nSPS) is 18.6. The third-order valence-corrected chi connectivity index (χ3v) is 4.04. The first-order valence-electron chi connectivity index (χ1n) is 6.71. The van der Waals surface area contributed by atoms with E-state index in [0.29, 0.717) is 12.2 Å². The van der Waals surface area contributed by atoms with Gasteiger partial charge < -0.3 is 10.4 Å². The van der Waals surface area contributed by atoms with Gasteiger partial charge in [-0.15, -0.1) is 0 Å². The molecule has 0 spiro atoms. The van der Waals surface area contributed by atoms with E-state index in [0.717, 1.165) is 30.2 Å². The third kappa shape index (κ3) is 4.28. The van der Waals surface area contributed by atoms with Gasteiger partial charge in [0, 0.05) is 17.2 Å². The van der Waals surface area contributed by atoms with Crippen molar-refractivity contribution >= 4 is 21.8 Å². The lowest BCUT2D eigenvalue weighted by Gasteiger charge is -2.26. The van der Waals surface area contributed by atoms with Crippen LogP contribution in [-0.2, 0) is 0 Å². The van der Waals surface area contributed by atoms with E-state index in [-0.39, 0.29) is 5.91 Å². The lowest BCUT2D eigenvalue weighted by molar-refractivity contribution is 0.0246. The van der Waals surface area contributed by atoms with Gasteiger partial charge >= 0.3 is 0 Å². The molecule has 0 saturated heterocycles. The van der Waals surface area contributed by atoms with Crippen LogP contribution in [0.2, 0.25) is 0 Å². The van der Waals surface area contributed by atoms with Crippen molar-refractivity contribution in [3.05, 3.63) is 28.5 Å². The molecule has 1 heterocycles. The van der Waals surface area contributed by atoms with E-state index in [1.165, 1.54) is 12.8 Å². The molecular formula is C14H19BrN2O2. The Kier molecular flexibility index (Phi) is 4.93. The summed E-state index contributed by atoms with van der Waals surface area (Å²) < 4.78 is 0.839. The van der Waals surface area contributed by atoms with Crippen LogP contribution in [0.15, 0.2) is 22.8 Å². The predicted molar refractivity (Wildman–Crippen MR) is 76.9 cm³/mol. The molecule has 1 amide bonds. The summed E-state index contributed by atoms with van der Waals surface area (Å²) in [6.45, 7) is 0.309. The molecule has 0 aromatic carbocycles. The van der Waals surface area contributed by atoms with Gasteiger partial charge in [0.1, 0.15) is 5.69 Å². The van der Waals surface area contributed by atoms with Crippen LogP contribution in [-0.4, -0.2) is 28.1 Å². The van der Waals surface area contributed by atoms with Crippen molar-refractivity contribution in [2.75, 3.05) is 6.54 Å². The lowest BCUT2D eigenvalue weighted by atomic mass is 9.94. The molecule has 4 nitrogen and oxygen atoms in total. The summed E-state index contributed by atoms with van der Waals surface area (Å²) in [5, 5.41) is 13.2. The Labute approximate surface area is 121 Å². The summed E-state index contributed by atoms with van der Waals surface area (Å²) in [4.78, 5) is 16.0. The molecule has 19 heavy (non-hydrogen) atoms. The summed E-state index contributed by atoms with van der Waals surface area (Å²) in [6.07, 6.45) is 7.53. The molecule has 1 aromatic rings. The van der Waals surface area contributed by atoms with Crippen molar-refractivity contribution < 1.29 is 9.90 Å². The Balaban J connectivity index is 1.90. The highest BCUT2D eigenvalue weighted by atomic mass is 79.9. The quantitative estimate of drug-likeness (QED) is 0.839. The van der Waals surface area contributed by atoms with Crippen LogP contribution >= 0.6 is 15.9 Å². The van der Waals surface area contributed by atoms with Crippen LogP contribution in [0.4, 0.5) is 0 Å². The van der Waals surface area contributed by atoms with E-state index < -0.39 is 5.60 Å². The van der Waals surface area contributed by atoms with Gasteiger partial charge in [-0.2, -0.15) is 0 Å². The molecule has 1 aliphatic rings. The van der Waals surface area contributed by atoms with Gasteiger partial charge in [0.05, 0.1) is 5.60 Å². The maximum absolute atomic E-state index is 11.9. The molecule has 1 aliphatic carbocycles. The summed E-state index contributed by atoms with van der Waals surface area (Å²) in [5.41, 5.74) is -0.373. The van der Waals surface area contributed by atoms with Crippen LogP contribution in [0.3, 0.4) is 0 Å². The molecular weight excluding hydrogens is 308 g/mol. The number of nitrogens with one attached hydrogen (secondary N) is 1. The molecule has 1 aromatic heterocycles. The van der Waals surface area contributed by atoms with E-state index in [2.05, 4.69) is 26.2 Å². The topological polar surface area (TPSA) is 62.2 Å². The number of pyridine rings is 1. The molecule has 1 saturated carbocycles. The summed E-state index contributed by atoms with van der Waals surface area (Å²) in [5.74, 6) is -0.231. The van der Waals surface area contributed by atoms with Crippen molar-refractivity contribution in [3.63, 3.8) is 0 Å². The molecule has 2 N–H and O–H groups in total. The van der Waals surface area contributed by atoms with Gasteiger partial charge in [-0.3, -0.25) is 4.79 Å². The first kappa shape index (κ1) is 14.5. The van der Waals surface area contributed by atoms with Crippen molar-refractivity contribution in [1.29, 1.82) is 0 Å². The second-order valence-electron chi connectivity index (χ2n) is 5.18. The van der Waals surface area contributed by atoms with Crippen molar-refractivity contribution in [2.45, 2.75) is 44.1 Å². The number of carbonyl (C=O) groups is 1. The highest BCUT2D eigenvalue weighted by molar-refractivity contribution is 9.10. The standard InChI is InChI=1S/C14H19BrN2O2/c15-11-5-6-12(16-9-11)13(18)17-10-14(19)7-3-1-2-4-8-14/h5-6,9,19H,1-4,7-8,10H2,(H,17,18). The Morgan fingerprint density at radius 3 is 2.58 bits per heavy atom. The monoisotopic (exact) mass is 326 g/mol. The minimum absolute atomic E-state index is 0.231. The van der Waals surface area contributed by atoms with Crippen LogP contribution in [0.5, 0.6) is 0 Å². The number of aromatic nitrogens is 1. The number of halogens is 1. The SMILES string of the molecule is O=C(NCC1(O)CCCCCC1)c1ccc(Br)cn1. The van der Waals surface area contributed by atoms with Gasteiger partial charge in [-0.05, 0) is 40.9 Å². The highest BCUT2D eigenvalue weighted by Crippen LogP contribution is 2.26. The fraction of sp³-hybridized carbons (Fsp3) is 0.571. The number of hydrogen-bond acceptors (Lipinski definition) is 3. The first-order chi connectivity index (χ1) is 9.09. The van der Waals surface area contributed by atoms with Gasteiger partial charge in [0.25, 0.3) is 5.91 Å². The van der Waals surface area contributed by atoms with E-state index in [1.54, 1.807) is 18.3 Å². The molecule has 104 valence electrons. The maximum Gasteiger partial charge on any atom is 0.269 e. The van der Waals surface area contributed by atoms with Crippen molar-refractivity contribution in [1.82, 2.24) is 10.3 Å². The first-order valence-corrected chi connectivity index (χ1v) is 7.51. The van der Waals surface area contributed by atoms with Gasteiger partial charge in [-0.1, -0.05) is 25.7 Å². The largest absolute Gasteiger partial charge is 0.388 e. The lowest BCUT2D eigenvalue weighted by Crippen LogP contribution is -2.42. The van der Waals surface area contributed by atoms with Crippen LogP contribution in [0, 0.1) is 0 Å². The van der Waals surface area contributed by atoms with Crippen LogP contribution < -0.4 is 5.32 Å². The molecule has 1 fully saturated rings. The second kappa shape index (κ2) is 6.48. The average Bonchev–Trinajstić information content (AvgIpc) is 2.62. The highest BCUT2D eigenvalue weighted by Gasteiger charge is 2.28. The van der Waals surface area contributed by atoms with Crippen LogP contribution in [0.1, 0.15) is 49.0 Å². The number of nitrogens with zero attached hydrogens (tertiary/aromatic N) is 1. The third-order valence-electron chi connectivity index (χ3n) is 3.57. The van der Waals surface area contributed by atoms with E-state index >= 15 is 0 Å². The molecule has 0 aliphatic heterocycles. The van der Waals surface area contributed by atoms with Gasteiger partial charge in [0.2, 0.25) is 0 Å². The van der Waals surface area contributed by atoms with E-state index in [4.69, 9.17) is 0 Å². The van der Waals surface area contributed by atoms with Crippen molar-refractivity contribution in [3.8, 4) is 0 Å². The summed E-state index contributed by atoms with van der Waals surface area (Å²) >= 11 is 3.28. The van der Waals surface area contributed by atoms with E-state index in [1.807, 2.05) is 0 Å². The minimum Gasteiger partial charge on any atom is -0.388 e. The molecule has 5 heteroatoms. The number of amides is 1. The second-order valence-corrected chi connectivity index (χ2v) is 6.10. The summed E-state index contributed by atoms with van der Waals surface area (Å²) in [7, 11) is 0. The molecule has 2 rings (SSSR count). The zero-order valence-corrected chi connectivity index (χ0v) is 12.4. The number of rotatable bonds is 3. The molecule has 0 unspecified atom stereocenters. The fourth-order valence-corrected chi connectivity index (χ4v) is 2.64. The minimum atomic E-state index is -0.748. The average molecular weight is 327 g/mol. The van der Waals surface area contributed by atoms with E-state index in [9.17, 15) is 9.90 Å². The Hall–Kier alpha value is -0.940. The number of hydrogen-bond donors (Lipinski definition) is 2. The van der Waals surface area contributed by atoms with Gasteiger partial charge in [0.15, 0.2) is 0 Å². The fourth-order valence-electron chi connectivity index (χ4n) is 2.41. The van der Waals surface area contributed by atoms with Crippen molar-refractivity contribution in [2.24, 2.45) is 0 Å². The summed E-state index contributed by atoms with van der Waals surface area (Å²) in [6, 6.07) is 3.44. The number of carbonyl (C=O) groups excluding carboxylic acids is 1. The number of aliphatic hydroxyl groups is 1. The molecule has 0 atom stereocenters. The smallest absolute Gasteiger partial charge is 0.269 e. The Bertz CT molecular complexity index is 426. The predicted octanol–water partition coefficient (Wildman–Crippen LogP) is 2.66.